The number of guanidine groups is 1. The molecule has 1 aliphatic carbocycles. The van der Waals surface area contributed by atoms with Gasteiger partial charge in [0.05, 0.1) is 6.54 Å². The summed E-state index contributed by atoms with van der Waals surface area (Å²) >= 11 is 0. The monoisotopic (exact) mass is 394 g/mol. The Labute approximate surface area is 139 Å². The maximum atomic E-state index is 11.9. The zero-order chi connectivity index (χ0) is 13.5. The van der Waals surface area contributed by atoms with E-state index < -0.39 is 0 Å². The van der Waals surface area contributed by atoms with E-state index in [9.17, 15) is 4.79 Å². The molecule has 1 amide bonds. The van der Waals surface area contributed by atoms with Crippen molar-refractivity contribution in [1.29, 1.82) is 0 Å². The number of hydrogen-bond acceptors (Lipinski definition) is 2. The average Bonchev–Trinajstić information content (AvgIpc) is 2.98. The van der Waals surface area contributed by atoms with Gasteiger partial charge in [0.2, 0.25) is 5.91 Å². The number of amides is 1. The van der Waals surface area contributed by atoms with Gasteiger partial charge in [0, 0.05) is 26.2 Å². The first-order valence-corrected chi connectivity index (χ1v) is 7.54. The van der Waals surface area contributed by atoms with Gasteiger partial charge in [0.25, 0.3) is 0 Å². The normalized spacial score (nSPS) is 20.4. The van der Waals surface area contributed by atoms with Gasteiger partial charge < -0.3 is 15.5 Å². The number of nitrogens with one attached hydrogen (secondary N) is 2. The van der Waals surface area contributed by atoms with Gasteiger partial charge in [0.15, 0.2) is 5.96 Å². The molecule has 5 nitrogen and oxygen atoms in total. The third kappa shape index (κ3) is 5.46. The highest BCUT2D eigenvalue weighted by Crippen LogP contribution is 2.17. The molecule has 1 saturated carbocycles. The van der Waals surface area contributed by atoms with Crippen LogP contribution in [0.4, 0.5) is 0 Å². The standard InChI is InChI=1S/C14H26N4O.HI/c1-15-14(17-12-7-3-2-4-8-12)16-11-13(19)18-9-5-6-10-18;/h12H,2-11H2,1H3,(H2,15,16,17);1H. The highest BCUT2D eigenvalue weighted by Gasteiger charge is 2.19. The molecule has 0 bridgehead atoms. The number of rotatable bonds is 3. The van der Waals surface area contributed by atoms with Crippen LogP contribution in [0.15, 0.2) is 4.99 Å². The molecule has 2 N–H and O–H groups in total. The van der Waals surface area contributed by atoms with Crippen LogP contribution in [0, 0.1) is 0 Å². The van der Waals surface area contributed by atoms with E-state index in [2.05, 4.69) is 15.6 Å². The minimum Gasteiger partial charge on any atom is -0.354 e. The molecular formula is C14H27IN4O. The Hall–Kier alpha value is -0.530. The highest BCUT2D eigenvalue weighted by atomic mass is 127. The van der Waals surface area contributed by atoms with E-state index in [4.69, 9.17) is 0 Å². The lowest BCUT2D eigenvalue weighted by atomic mass is 9.96. The second-order valence-electron chi connectivity index (χ2n) is 5.49. The first-order valence-electron chi connectivity index (χ1n) is 7.54. The second kappa shape index (κ2) is 9.41. The van der Waals surface area contributed by atoms with Crippen molar-refractivity contribution < 1.29 is 4.79 Å². The minimum atomic E-state index is 0. The molecule has 116 valence electrons. The molecule has 2 fully saturated rings. The first kappa shape index (κ1) is 17.5. The van der Waals surface area contributed by atoms with Crippen molar-refractivity contribution in [2.75, 3.05) is 26.7 Å². The Kier molecular flexibility index (Phi) is 8.25. The van der Waals surface area contributed by atoms with Crippen molar-refractivity contribution in [3.63, 3.8) is 0 Å². The first-order chi connectivity index (χ1) is 9.29. The molecule has 0 aromatic heterocycles. The largest absolute Gasteiger partial charge is 0.354 e. The quantitative estimate of drug-likeness (QED) is 0.436. The molecule has 2 rings (SSSR count). The minimum absolute atomic E-state index is 0. The van der Waals surface area contributed by atoms with Gasteiger partial charge in [0.1, 0.15) is 0 Å². The molecule has 0 aromatic rings. The van der Waals surface area contributed by atoms with Crippen LogP contribution in [0.1, 0.15) is 44.9 Å². The number of carbonyl (C=O) groups is 1. The second-order valence-corrected chi connectivity index (χ2v) is 5.49. The predicted molar refractivity (Wildman–Crippen MR) is 92.6 cm³/mol. The van der Waals surface area contributed by atoms with E-state index in [0.717, 1.165) is 31.9 Å². The number of likely N-dealkylation sites (tertiary alicyclic amines) is 1. The van der Waals surface area contributed by atoms with Crippen molar-refractivity contribution in [2.24, 2.45) is 4.99 Å². The molecule has 0 spiro atoms. The van der Waals surface area contributed by atoms with Gasteiger partial charge >= 0.3 is 0 Å². The summed E-state index contributed by atoms with van der Waals surface area (Å²) in [6, 6.07) is 0.516. The van der Waals surface area contributed by atoms with E-state index in [1.807, 2.05) is 4.90 Å². The Morgan fingerprint density at radius 3 is 2.40 bits per heavy atom. The molecule has 2 aliphatic rings. The molecular weight excluding hydrogens is 367 g/mol. The molecule has 0 atom stereocenters. The van der Waals surface area contributed by atoms with E-state index in [1.165, 1.54) is 32.1 Å². The predicted octanol–water partition coefficient (Wildman–Crippen LogP) is 1.72. The van der Waals surface area contributed by atoms with Crippen LogP contribution >= 0.6 is 24.0 Å². The van der Waals surface area contributed by atoms with Gasteiger partial charge in [-0.2, -0.15) is 0 Å². The van der Waals surface area contributed by atoms with E-state index in [-0.39, 0.29) is 29.9 Å². The van der Waals surface area contributed by atoms with Gasteiger partial charge in [-0.15, -0.1) is 24.0 Å². The summed E-state index contributed by atoms with van der Waals surface area (Å²) in [5, 5.41) is 6.56. The topological polar surface area (TPSA) is 56.7 Å². The summed E-state index contributed by atoms with van der Waals surface area (Å²) in [7, 11) is 1.76. The van der Waals surface area contributed by atoms with Crippen LogP contribution in [0.2, 0.25) is 0 Å². The van der Waals surface area contributed by atoms with E-state index in [1.54, 1.807) is 7.05 Å². The summed E-state index contributed by atoms with van der Waals surface area (Å²) in [5.41, 5.74) is 0. The van der Waals surface area contributed by atoms with Crippen LogP contribution in [0.25, 0.3) is 0 Å². The molecule has 1 saturated heterocycles. The van der Waals surface area contributed by atoms with Crippen molar-refractivity contribution in [3.05, 3.63) is 0 Å². The van der Waals surface area contributed by atoms with Crippen molar-refractivity contribution in [2.45, 2.75) is 51.0 Å². The van der Waals surface area contributed by atoms with Gasteiger partial charge in [-0.1, -0.05) is 19.3 Å². The summed E-state index contributed by atoms with van der Waals surface area (Å²) in [4.78, 5) is 18.1. The van der Waals surface area contributed by atoms with E-state index in [0.29, 0.717) is 12.6 Å². The lowest BCUT2D eigenvalue weighted by molar-refractivity contribution is -0.128. The Bertz CT molecular complexity index is 323. The van der Waals surface area contributed by atoms with Gasteiger partial charge in [-0.3, -0.25) is 9.79 Å². The van der Waals surface area contributed by atoms with Crippen molar-refractivity contribution in [3.8, 4) is 0 Å². The molecule has 6 heteroatoms. The van der Waals surface area contributed by atoms with E-state index >= 15 is 0 Å². The fourth-order valence-electron chi connectivity index (χ4n) is 2.87. The zero-order valence-corrected chi connectivity index (χ0v) is 14.7. The summed E-state index contributed by atoms with van der Waals surface area (Å²) in [6.07, 6.45) is 8.63. The molecule has 1 aliphatic heterocycles. The highest BCUT2D eigenvalue weighted by molar-refractivity contribution is 14.0. The number of halogens is 1. The van der Waals surface area contributed by atoms with Gasteiger partial charge in [-0.25, -0.2) is 0 Å². The molecule has 0 unspecified atom stereocenters. The molecule has 20 heavy (non-hydrogen) atoms. The fraction of sp³-hybridized carbons (Fsp3) is 0.857. The molecule has 0 aromatic carbocycles. The summed E-state index contributed by atoms with van der Waals surface area (Å²) < 4.78 is 0. The third-order valence-corrected chi connectivity index (χ3v) is 4.04. The Balaban J connectivity index is 0.00000200. The van der Waals surface area contributed by atoms with Crippen LogP contribution in [-0.4, -0.2) is 49.5 Å². The molecule has 0 radical (unpaired) electrons. The average molecular weight is 394 g/mol. The summed E-state index contributed by atoms with van der Waals surface area (Å²) in [6.45, 7) is 2.18. The van der Waals surface area contributed by atoms with Crippen molar-refractivity contribution >= 4 is 35.8 Å². The van der Waals surface area contributed by atoms with Crippen LogP contribution in [-0.2, 0) is 4.79 Å². The van der Waals surface area contributed by atoms with Crippen molar-refractivity contribution in [1.82, 2.24) is 15.5 Å². The van der Waals surface area contributed by atoms with Crippen LogP contribution < -0.4 is 10.6 Å². The number of aliphatic imine (C=N–C) groups is 1. The molecule has 1 heterocycles. The SMILES string of the molecule is CN=C(NCC(=O)N1CCCC1)NC1CCCCC1.I. The smallest absolute Gasteiger partial charge is 0.241 e. The third-order valence-electron chi connectivity index (χ3n) is 4.04. The lowest BCUT2D eigenvalue weighted by Gasteiger charge is -2.25. The van der Waals surface area contributed by atoms with Crippen LogP contribution in [0.3, 0.4) is 0 Å². The number of nitrogens with zero attached hydrogens (tertiary/aromatic N) is 2. The Morgan fingerprint density at radius 1 is 1.15 bits per heavy atom. The van der Waals surface area contributed by atoms with Crippen LogP contribution in [0.5, 0.6) is 0 Å². The zero-order valence-electron chi connectivity index (χ0n) is 12.4. The number of hydrogen-bond donors (Lipinski definition) is 2. The Morgan fingerprint density at radius 2 is 1.80 bits per heavy atom. The lowest BCUT2D eigenvalue weighted by Crippen LogP contribution is -2.47. The summed E-state index contributed by atoms with van der Waals surface area (Å²) in [5.74, 6) is 0.948. The van der Waals surface area contributed by atoms with Gasteiger partial charge in [-0.05, 0) is 25.7 Å². The number of carbonyl (C=O) groups excluding carboxylic acids is 1. The maximum Gasteiger partial charge on any atom is 0.241 e. The fourth-order valence-corrected chi connectivity index (χ4v) is 2.87. The maximum absolute atomic E-state index is 11.9.